The van der Waals surface area contributed by atoms with Gasteiger partial charge in [0.25, 0.3) is 0 Å². The van der Waals surface area contributed by atoms with E-state index in [2.05, 4.69) is 37.9 Å². The topological polar surface area (TPSA) is 72.9 Å². The van der Waals surface area contributed by atoms with E-state index in [-0.39, 0.29) is 12.6 Å². The summed E-state index contributed by atoms with van der Waals surface area (Å²) in [4.78, 5) is 27.2. The molecule has 0 aromatic rings. The van der Waals surface area contributed by atoms with Crippen LogP contribution in [0.25, 0.3) is 0 Å². The molecule has 6 heteroatoms. The number of urea groups is 1. The SMILES string of the molecule is CC(C)N(CCNC(=O)N1CCC(C)(C(=O)O)C1)C(C)C. The average Bonchev–Trinajstić information content (AvgIpc) is 2.77. The van der Waals surface area contributed by atoms with Crippen LogP contribution < -0.4 is 5.32 Å². The Balaban J connectivity index is 2.40. The van der Waals surface area contributed by atoms with Crippen molar-refractivity contribution in [2.45, 2.75) is 53.1 Å². The number of carboxylic acids is 1. The van der Waals surface area contributed by atoms with Gasteiger partial charge in [-0.1, -0.05) is 0 Å². The molecule has 1 unspecified atom stereocenters. The number of likely N-dealkylation sites (tertiary alicyclic amines) is 1. The molecule has 2 N–H and O–H groups in total. The third-order valence-electron chi connectivity index (χ3n) is 4.25. The molecule has 122 valence electrons. The number of carbonyl (C=O) groups excluding carboxylic acids is 1. The van der Waals surface area contributed by atoms with Gasteiger partial charge in [-0.3, -0.25) is 9.69 Å². The van der Waals surface area contributed by atoms with Crippen LogP contribution in [0.3, 0.4) is 0 Å². The maximum Gasteiger partial charge on any atom is 0.317 e. The molecule has 1 fully saturated rings. The van der Waals surface area contributed by atoms with Gasteiger partial charge in [-0.25, -0.2) is 4.79 Å². The summed E-state index contributed by atoms with van der Waals surface area (Å²) in [6.07, 6.45) is 0.514. The molecular weight excluding hydrogens is 270 g/mol. The van der Waals surface area contributed by atoms with Gasteiger partial charge in [0, 0.05) is 38.3 Å². The van der Waals surface area contributed by atoms with E-state index in [1.165, 1.54) is 0 Å². The van der Waals surface area contributed by atoms with E-state index in [9.17, 15) is 14.7 Å². The van der Waals surface area contributed by atoms with E-state index < -0.39 is 11.4 Å². The van der Waals surface area contributed by atoms with Gasteiger partial charge >= 0.3 is 12.0 Å². The predicted octanol–water partition coefficient (Wildman–Crippen LogP) is 1.61. The van der Waals surface area contributed by atoms with Crippen LogP contribution in [0.2, 0.25) is 0 Å². The van der Waals surface area contributed by atoms with Crippen LogP contribution in [0.1, 0.15) is 41.0 Å². The number of nitrogens with zero attached hydrogens (tertiary/aromatic N) is 2. The lowest BCUT2D eigenvalue weighted by atomic mass is 9.90. The third-order valence-corrected chi connectivity index (χ3v) is 4.25. The zero-order chi connectivity index (χ0) is 16.2. The Morgan fingerprint density at radius 3 is 2.29 bits per heavy atom. The third kappa shape index (κ3) is 4.59. The number of aliphatic carboxylic acids is 1. The molecular formula is C15H29N3O3. The molecule has 0 aliphatic carbocycles. The Morgan fingerprint density at radius 1 is 1.29 bits per heavy atom. The van der Waals surface area contributed by atoms with Crippen molar-refractivity contribution in [3.63, 3.8) is 0 Å². The molecule has 1 saturated heterocycles. The highest BCUT2D eigenvalue weighted by Gasteiger charge is 2.42. The molecule has 0 spiro atoms. The first-order valence-electron chi connectivity index (χ1n) is 7.69. The highest BCUT2D eigenvalue weighted by Crippen LogP contribution is 2.29. The van der Waals surface area contributed by atoms with Gasteiger partial charge in [0.1, 0.15) is 0 Å². The Kier molecular flexibility index (Phi) is 6.01. The van der Waals surface area contributed by atoms with Crippen molar-refractivity contribution in [3.8, 4) is 0 Å². The van der Waals surface area contributed by atoms with E-state index in [1.807, 2.05) is 0 Å². The Morgan fingerprint density at radius 2 is 1.86 bits per heavy atom. The maximum atomic E-state index is 12.1. The van der Waals surface area contributed by atoms with Gasteiger partial charge in [0.2, 0.25) is 0 Å². The molecule has 0 radical (unpaired) electrons. The van der Waals surface area contributed by atoms with Crippen LogP contribution in [-0.4, -0.2) is 65.2 Å². The minimum absolute atomic E-state index is 0.160. The van der Waals surface area contributed by atoms with Gasteiger partial charge in [0.05, 0.1) is 5.41 Å². The Bertz CT molecular complexity index is 376. The van der Waals surface area contributed by atoms with Gasteiger partial charge in [-0.2, -0.15) is 0 Å². The molecule has 0 saturated carbocycles. The van der Waals surface area contributed by atoms with Crippen LogP contribution in [-0.2, 0) is 4.79 Å². The zero-order valence-electron chi connectivity index (χ0n) is 13.8. The van der Waals surface area contributed by atoms with Gasteiger partial charge in [-0.15, -0.1) is 0 Å². The van der Waals surface area contributed by atoms with Crippen molar-refractivity contribution in [3.05, 3.63) is 0 Å². The fraction of sp³-hybridized carbons (Fsp3) is 0.867. The summed E-state index contributed by atoms with van der Waals surface area (Å²) in [5.41, 5.74) is -0.806. The minimum Gasteiger partial charge on any atom is -0.481 e. The first kappa shape index (κ1) is 17.8. The number of rotatable bonds is 6. The number of amides is 2. The molecule has 21 heavy (non-hydrogen) atoms. The summed E-state index contributed by atoms with van der Waals surface area (Å²) in [6, 6.07) is 0.709. The molecule has 0 aromatic carbocycles. The molecule has 1 aliphatic rings. The summed E-state index contributed by atoms with van der Waals surface area (Å²) in [6.45, 7) is 12.4. The lowest BCUT2D eigenvalue weighted by molar-refractivity contribution is -0.147. The van der Waals surface area contributed by atoms with E-state index in [0.717, 1.165) is 6.54 Å². The van der Waals surface area contributed by atoms with Crippen LogP contribution in [0.5, 0.6) is 0 Å². The molecule has 1 atom stereocenters. The van der Waals surface area contributed by atoms with Crippen molar-refractivity contribution in [1.29, 1.82) is 0 Å². The number of carbonyl (C=O) groups is 2. The van der Waals surface area contributed by atoms with Crippen molar-refractivity contribution in [2.24, 2.45) is 5.41 Å². The average molecular weight is 299 g/mol. The van der Waals surface area contributed by atoms with Gasteiger partial charge < -0.3 is 15.3 Å². The lowest BCUT2D eigenvalue weighted by Crippen LogP contribution is -2.46. The fourth-order valence-corrected chi connectivity index (χ4v) is 2.83. The molecule has 6 nitrogen and oxygen atoms in total. The summed E-state index contributed by atoms with van der Waals surface area (Å²) in [5, 5.41) is 12.1. The van der Waals surface area contributed by atoms with Crippen LogP contribution in [0.15, 0.2) is 0 Å². The molecule has 1 aliphatic heterocycles. The molecule has 0 bridgehead atoms. The first-order chi connectivity index (χ1) is 9.67. The first-order valence-corrected chi connectivity index (χ1v) is 7.69. The second-order valence-corrected chi connectivity index (χ2v) is 6.69. The minimum atomic E-state index is -0.830. The lowest BCUT2D eigenvalue weighted by Gasteiger charge is -2.30. The predicted molar refractivity (Wildman–Crippen MR) is 82.3 cm³/mol. The van der Waals surface area contributed by atoms with E-state index in [1.54, 1.807) is 11.8 Å². The Hall–Kier alpha value is -1.30. The van der Waals surface area contributed by atoms with E-state index in [0.29, 0.717) is 31.6 Å². The smallest absolute Gasteiger partial charge is 0.317 e. The normalized spacial score (nSPS) is 22.4. The molecule has 1 rings (SSSR count). The Labute approximate surface area is 127 Å². The zero-order valence-corrected chi connectivity index (χ0v) is 13.8. The second-order valence-electron chi connectivity index (χ2n) is 6.69. The van der Waals surface area contributed by atoms with E-state index in [4.69, 9.17) is 0 Å². The molecule has 2 amide bonds. The molecule has 0 aromatic heterocycles. The van der Waals surface area contributed by atoms with Crippen LogP contribution in [0.4, 0.5) is 4.79 Å². The largest absolute Gasteiger partial charge is 0.481 e. The fourth-order valence-electron chi connectivity index (χ4n) is 2.83. The number of nitrogens with one attached hydrogen (secondary N) is 1. The summed E-state index contributed by atoms with van der Waals surface area (Å²) in [7, 11) is 0. The maximum absolute atomic E-state index is 12.1. The van der Waals surface area contributed by atoms with Crippen molar-refractivity contribution in [1.82, 2.24) is 15.1 Å². The quantitative estimate of drug-likeness (QED) is 0.781. The van der Waals surface area contributed by atoms with Crippen molar-refractivity contribution in [2.75, 3.05) is 26.2 Å². The van der Waals surface area contributed by atoms with Gasteiger partial charge in [-0.05, 0) is 41.0 Å². The van der Waals surface area contributed by atoms with Crippen LogP contribution >= 0.6 is 0 Å². The summed E-state index contributed by atoms with van der Waals surface area (Å²) < 4.78 is 0. The van der Waals surface area contributed by atoms with Crippen molar-refractivity contribution >= 4 is 12.0 Å². The van der Waals surface area contributed by atoms with E-state index >= 15 is 0 Å². The van der Waals surface area contributed by atoms with Gasteiger partial charge in [0.15, 0.2) is 0 Å². The summed E-state index contributed by atoms with van der Waals surface area (Å²) in [5.74, 6) is -0.830. The van der Waals surface area contributed by atoms with Crippen molar-refractivity contribution < 1.29 is 14.7 Å². The second kappa shape index (κ2) is 7.11. The number of hydrogen-bond donors (Lipinski definition) is 2. The standard InChI is InChI=1S/C15H29N3O3/c1-11(2)18(12(3)4)9-7-16-14(21)17-8-6-15(5,10-17)13(19)20/h11-12H,6-10H2,1-5H3,(H,16,21)(H,19,20). The summed E-state index contributed by atoms with van der Waals surface area (Å²) >= 11 is 0. The number of carboxylic acid groups (broad SMARTS) is 1. The number of hydrogen-bond acceptors (Lipinski definition) is 3. The van der Waals surface area contributed by atoms with Crippen LogP contribution in [0, 0.1) is 5.41 Å². The molecule has 1 heterocycles. The highest BCUT2D eigenvalue weighted by molar-refractivity contribution is 5.79. The highest BCUT2D eigenvalue weighted by atomic mass is 16.4. The monoisotopic (exact) mass is 299 g/mol.